The molecular weight excluding hydrogens is 238 g/mol. The molecule has 1 rings (SSSR count). The summed E-state index contributed by atoms with van der Waals surface area (Å²) in [4.78, 5) is 14.1. The Morgan fingerprint density at radius 3 is 2.63 bits per heavy atom. The summed E-state index contributed by atoms with van der Waals surface area (Å²) < 4.78 is 5.43. The second-order valence-electron chi connectivity index (χ2n) is 5.66. The van der Waals surface area contributed by atoms with Gasteiger partial charge in [0.05, 0.1) is 6.61 Å². The second kappa shape index (κ2) is 10.1. The third-order valence-electron chi connectivity index (χ3n) is 3.98. The number of nitrogens with zero attached hydrogens (tertiary/aromatic N) is 1. The highest BCUT2D eigenvalue weighted by Gasteiger charge is 2.26. The van der Waals surface area contributed by atoms with Crippen LogP contribution in [0.25, 0.3) is 0 Å². The summed E-state index contributed by atoms with van der Waals surface area (Å²) in [5, 5.41) is 0. The number of carbonyl (C=O) groups excluding carboxylic acids is 1. The first-order valence-corrected chi connectivity index (χ1v) is 8.23. The van der Waals surface area contributed by atoms with Gasteiger partial charge < -0.3 is 9.64 Å². The van der Waals surface area contributed by atoms with Crippen LogP contribution in [-0.2, 0) is 4.74 Å². The number of rotatable bonds is 8. The van der Waals surface area contributed by atoms with E-state index in [1.807, 2.05) is 4.90 Å². The van der Waals surface area contributed by atoms with Crippen molar-refractivity contribution in [2.45, 2.75) is 84.1 Å². The van der Waals surface area contributed by atoms with Crippen LogP contribution >= 0.6 is 0 Å². The number of likely N-dealkylation sites (tertiary alicyclic amines) is 1. The molecule has 112 valence electrons. The van der Waals surface area contributed by atoms with Gasteiger partial charge in [-0.25, -0.2) is 4.79 Å². The summed E-state index contributed by atoms with van der Waals surface area (Å²) in [6, 6.07) is 0.428. The Hall–Kier alpha value is -0.730. The minimum Gasteiger partial charge on any atom is -0.449 e. The molecule has 3 heteroatoms. The molecule has 1 aliphatic rings. The third-order valence-corrected chi connectivity index (χ3v) is 3.98. The first kappa shape index (κ1) is 16.3. The summed E-state index contributed by atoms with van der Waals surface area (Å²) >= 11 is 0. The molecule has 0 unspecified atom stereocenters. The summed E-state index contributed by atoms with van der Waals surface area (Å²) in [6.45, 7) is 5.88. The monoisotopic (exact) mass is 269 g/mol. The summed E-state index contributed by atoms with van der Waals surface area (Å²) in [6.07, 6.45) is 11.7. The van der Waals surface area contributed by atoms with Crippen LogP contribution in [0.5, 0.6) is 0 Å². The molecule has 0 N–H and O–H groups in total. The first-order chi connectivity index (χ1) is 9.29. The van der Waals surface area contributed by atoms with Crippen LogP contribution in [0.15, 0.2) is 0 Å². The summed E-state index contributed by atoms with van der Waals surface area (Å²) in [5.41, 5.74) is 0. The van der Waals surface area contributed by atoms with E-state index in [0.29, 0.717) is 12.6 Å². The number of hydrogen-bond acceptors (Lipinski definition) is 2. The lowest BCUT2D eigenvalue weighted by Gasteiger charge is -2.35. The SMILES string of the molecule is CCCCCCOC(=O)N1CCCC[C@@H]1CCCC. The van der Waals surface area contributed by atoms with E-state index in [1.54, 1.807) is 0 Å². The zero-order valence-corrected chi connectivity index (χ0v) is 12.8. The van der Waals surface area contributed by atoms with Crippen molar-refractivity contribution in [1.29, 1.82) is 0 Å². The van der Waals surface area contributed by atoms with Gasteiger partial charge in [-0.2, -0.15) is 0 Å². The topological polar surface area (TPSA) is 29.5 Å². The summed E-state index contributed by atoms with van der Waals surface area (Å²) in [7, 11) is 0. The van der Waals surface area contributed by atoms with Crippen LogP contribution in [0.1, 0.15) is 78.1 Å². The predicted octanol–water partition coefficient (Wildman–Crippen LogP) is 4.75. The highest BCUT2D eigenvalue weighted by Crippen LogP contribution is 2.22. The van der Waals surface area contributed by atoms with Gasteiger partial charge in [-0.3, -0.25) is 0 Å². The van der Waals surface area contributed by atoms with Gasteiger partial charge in [0.15, 0.2) is 0 Å². The van der Waals surface area contributed by atoms with E-state index in [1.165, 1.54) is 38.5 Å². The van der Waals surface area contributed by atoms with E-state index < -0.39 is 0 Å². The molecule has 1 amide bonds. The van der Waals surface area contributed by atoms with E-state index in [4.69, 9.17) is 4.74 Å². The van der Waals surface area contributed by atoms with Gasteiger partial charge in [0.1, 0.15) is 0 Å². The van der Waals surface area contributed by atoms with Gasteiger partial charge in [-0.05, 0) is 32.1 Å². The van der Waals surface area contributed by atoms with Crippen LogP contribution in [-0.4, -0.2) is 30.2 Å². The predicted molar refractivity (Wildman–Crippen MR) is 79.4 cm³/mol. The van der Waals surface area contributed by atoms with Gasteiger partial charge in [-0.15, -0.1) is 0 Å². The number of hydrogen-bond donors (Lipinski definition) is 0. The van der Waals surface area contributed by atoms with Crippen molar-refractivity contribution in [1.82, 2.24) is 4.90 Å². The molecule has 1 aliphatic heterocycles. The Labute approximate surface area is 118 Å². The molecule has 1 saturated heterocycles. The number of amides is 1. The second-order valence-corrected chi connectivity index (χ2v) is 5.66. The Morgan fingerprint density at radius 2 is 1.89 bits per heavy atom. The maximum atomic E-state index is 12.1. The number of carbonyl (C=O) groups is 1. The Morgan fingerprint density at radius 1 is 1.11 bits per heavy atom. The van der Waals surface area contributed by atoms with Gasteiger partial charge in [-0.1, -0.05) is 46.0 Å². The van der Waals surface area contributed by atoms with Crippen LogP contribution in [0.2, 0.25) is 0 Å². The van der Waals surface area contributed by atoms with Crippen LogP contribution in [0.4, 0.5) is 4.79 Å². The molecule has 0 bridgehead atoms. The normalized spacial score (nSPS) is 19.5. The molecule has 0 aromatic heterocycles. The van der Waals surface area contributed by atoms with E-state index in [2.05, 4.69) is 13.8 Å². The summed E-state index contributed by atoms with van der Waals surface area (Å²) in [5.74, 6) is 0. The van der Waals surface area contributed by atoms with Crippen molar-refractivity contribution < 1.29 is 9.53 Å². The fraction of sp³-hybridized carbons (Fsp3) is 0.938. The number of unbranched alkanes of at least 4 members (excludes halogenated alkanes) is 4. The van der Waals surface area contributed by atoms with Crippen molar-refractivity contribution in [3.8, 4) is 0 Å². The fourth-order valence-corrected chi connectivity index (χ4v) is 2.75. The van der Waals surface area contributed by atoms with Gasteiger partial charge in [0.25, 0.3) is 0 Å². The van der Waals surface area contributed by atoms with Crippen LogP contribution < -0.4 is 0 Å². The maximum absolute atomic E-state index is 12.1. The molecule has 3 nitrogen and oxygen atoms in total. The molecular formula is C16H31NO2. The maximum Gasteiger partial charge on any atom is 0.410 e. The fourth-order valence-electron chi connectivity index (χ4n) is 2.75. The Kier molecular flexibility index (Phi) is 8.68. The lowest BCUT2D eigenvalue weighted by molar-refractivity contribution is 0.0692. The zero-order chi connectivity index (χ0) is 13.9. The third kappa shape index (κ3) is 6.31. The Bertz CT molecular complexity index is 243. The standard InChI is InChI=1S/C16H31NO2/c1-3-5-7-10-14-19-16(18)17-13-9-8-12-15(17)11-6-4-2/h15H,3-14H2,1-2H3/t15-/m0/s1. The molecule has 1 fully saturated rings. The lowest BCUT2D eigenvalue weighted by Crippen LogP contribution is -2.44. The molecule has 19 heavy (non-hydrogen) atoms. The average molecular weight is 269 g/mol. The molecule has 0 aliphatic carbocycles. The van der Waals surface area contributed by atoms with Crippen LogP contribution in [0, 0.1) is 0 Å². The van der Waals surface area contributed by atoms with E-state index in [9.17, 15) is 4.79 Å². The number of ether oxygens (including phenoxy) is 1. The van der Waals surface area contributed by atoms with Crippen molar-refractivity contribution in [2.75, 3.05) is 13.2 Å². The van der Waals surface area contributed by atoms with Gasteiger partial charge in [0, 0.05) is 12.6 Å². The van der Waals surface area contributed by atoms with Crippen LogP contribution in [0.3, 0.4) is 0 Å². The minimum atomic E-state index is -0.0719. The Balaban J connectivity index is 2.26. The molecule has 0 spiro atoms. The number of piperidine rings is 1. The van der Waals surface area contributed by atoms with Crippen molar-refractivity contribution >= 4 is 6.09 Å². The largest absolute Gasteiger partial charge is 0.449 e. The van der Waals surface area contributed by atoms with Crippen molar-refractivity contribution in [3.63, 3.8) is 0 Å². The molecule has 0 aromatic carbocycles. The van der Waals surface area contributed by atoms with Gasteiger partial charge >= 0.3 is 6.09 Å². The molecule has 0 radical (unpaired) electrons. The lowest BCUT2D eigenvalue weighted by atomic mass is 9.98. The zero-order valence-electron chi connectivity index (χ0n) is 12.8. The van der Waals surface area contributed by atoms with Crippen molar-refractivity contribution in [3.05, 3.63) is 0 Å². The average Bonchev–Trinajstić information content (AvgIpc) is 2.45. The smallest absolute Gasteiger partial charge is 0.410 e. The van der Waals surface area contributed by atoms with E-state index in [-0.39, 0.29) is 6.09 Å². The van der Waals surface area contributed by atoms with E-state index >= 15 is 0 Å². The highest BCUT2D eigenvalue weighted by atomic mass is 16.6. The molecule has 0 saturated carbocycles. The molecule has 1 atom stereocenters. The highest BCUT2D eigenvalue weighted by molar-refractivity contribution is 5.68. The molecule has 1 heterocycles. The molecule has 0 aromatic rings. The van der Waals surface area contributed by atoms with Crippen molar-refractivity contribution in [2.24, 2.45) is 0 Å². The minimum absolute atomic E-state index is 0.0719. The quantitative estimate of drug-likeness (QED) is 0.595. The van der Waals surface area contributed by atoms with E-state index in [0.717, 1.165) is 32.2 Å². The first-order valence-electron chi connectivity index (χ1n) is 8.23. The van der Waals surface area contributed by atoms with Gasteiger partial charge in [0.2, 0.25) is 0 Å².